The molecule has 0 spiro atoms. The summed E-state index contributed by atoms with van der Waals surface area (Å²) in [5.41, 5.74) is 0.792. The van der Waals surface area contributed by atoms with E-state index >= 15 is 0 Å². The quantitative estimate of drug-likeness (QED) is 0.505. The first-order valence-corrected chi connectivity index (χ1v) is 13.4. The van der Waals surface area contributed by atoms with Crippen molar-refractivity contribution in [3.05, 3.63) is 35.1 Å². The lowest BCUT2D eigenvalue weighted by Gasteiger charge is -2.54. The summed E-state index contributed by atoms with van der Waals surface area (Å²) in [7, 11) is 1.30. The highest BCUT2D eigenvalue weighted by Crippen LogP contribution is 2.50. The Balaban J connectivity index is 1.40. The number of esters is 1. The smallest absolute Gasteiger partial charge is 0.408 e. The molecule has 4 rings (SSSR count). The molecule has 1 aromatic carbocycles. The van der Waals surface area contributed by atoms with Crippen LogP contribution in [0.4, 0.5) is 9.18 Å². The number of carbonyl (C=O) groups excluding carboxylic acids is 3. The highest BCUT2D eigenvalue weighted by atomic mass is 19.1. The van der Waals surface area contributed by atoms with E-state index in [1.54, 1.807) is 11.0 Å². The number of carbonyl (C=O) groups is 3. The Labute approximate surface area is 218 Å². The van der Waals surface area contributed by atoms with Crippen LogP contribution in [0.3, 0.4) is 0 Å². The van der Waals surface area contributed by atoms with E-state index < -0.39 is 23.7 Å². The number of nitrogens with one attached hydrogen (secondary N) is 2. The number of nitrogens with zero attached hydrogens (tertiary/aromatic N) is 1. The summed E-state index contributed by atoms with van der Waals surface area (Å²) in [5, 5.41) is 6.26. The van der Waals surface area contributed by atoms with Gasteiger partial charge in [-0.15, -0.1) is 0 Å². The van der Waals surface area contributed by atoms with Crippen LogP contribution >= 0.6 is 0 Å². The molecule has 204 valence electrons. The molecule has 2 amide bonds. The summed E-state index contributed by atoms with van der Waals surface area (Å²) in [6, 6.07) is 3.94. The molecule has 2 N–H and O–H groups in total. The maximum atomic E-state index is 13.6. The van der Waals surface area contributed by atoms with Crippen molar-refractivity contribution in [1.29, 1.82) is 0 Å². The van der Waals surface area contributed by atoms with Crippen molar-refractivity contribution >= 4 is 18.0 Å². The Morgan fingerprint density at radius 3 is 2.68 bits per heavy atom. The predicted octanol–water partition coefficient (Wildman–Crippen LogP) is 4.05. The first-order chi connectivity index (χ1) is 17.5. The first kappa shape index (κ1) is 27.4. The number of hydrogen-bond donors (Lipinski definition) is 2. The number of methoxy groups -OCH3 is 1. The Bertz CT molecular complexity index is 1030. The molecular formula is C28H40FN3O5. The van der Waals surface area contributed by atoms with Crippen LogP contribution in [0.25, 0.3) is 0 Å². The van der Waals surface area contributed by atoms with Crippen molar-refractivity contribution in [2.24, 2.45) is 11.8 Å². The number of amides is 2. The van der Waals surface area contributed by atoms with Crippen LogP contribution in [0, 0.1) is 17.7 Å². The Morgan fingerprint density at radius 2 is 1.95 bits per heavy atom. The van der Waals surface area contributed by atoms with E-state index in [9.17, 15) is 18.8 Å². The van der Waals surface area contributed by atoms with Gasteiger partial charge in [0.2, 0.25) is 5.91 Å². The van der Waals surface area contributed by atoms with Crippen molar-refractivity contribution in [3.8, 4) is 0 Å². The summed E-state index contributed by atoms with van der Waals surface area (Å²) >= 11 is 0. The van der Waals surface area contributed by atoms with Gasteiger partial charge in [0.15, 0.2) is 0 Å². The predicted molar refractivity (Wildman–Crippen MR) is 136 cm³/mol. The summed E-state index contributed by atoms with van der Waals surface area (Å²) in [6.07, 6.45) is 4.77. The summed E-state index contributed by atoms with van der Waals surface area (Å²) < 4.78 is 24.4. The molecule has 3 aliphatic rings. The van der Waals surface area contributed by atoms with Gasteiger partial charge in [0.25, 0.3) is 0 Å². The topological polar surface area (TPSA) is 97.0 Å². The normalized spacial score (nSPS) is 29.3. The van der Waals surface area contributed by atoms with Gasteiger partial charge in [-0.05, 0) is 74.1 Å². The minimum Gasteiger partial charge on any atom is -0.467 e. The van der Waals surface area contributed by atoms with Gasteiger partial charge in [-0.1, -0.05) is 26.3 Å². The third-order valence-electron chi connectivity index (χ3n) is 8.14. The average Bonchev–Trinajstić information content (AvgIpc) is 3.23. The van der Waals surface area contributed by atoms with Gasteiger partial charge in [-0.2, -0.15) is 0 Å². The third kappa shape index (κ3) is 6.43. The molecule has 0 radical (unpaired) electrons. The van der Waals surface area contributed by atoms with E-state index in [1.807, 2.05) is 13.8 Å². The average molecular weight is 518 g/mol. The van der Waals surface area contributed by atoms with Crippen LogP contribution < -0.4 is 10.6 Å². The van der Waals surface area contributed by atoms with Crippen molar-refractivity contribution in [2.45, 2.75) is 96.0 Å². The second-order valence-electron chi connectivity index (χ2n) is 11.6. The molecule has 2 aliphatic carbocycles. The van der Waals surface area contributed by atoms with Gasteiger partial charge >= 0.3 is 12.1 Å². The fraction of sp³-hybridized carbons (Fsp3) is 0.679. The number of benzene rings is 1. The van der Waals surface area contributed by atoms with Crippen LogP contribution in [0.15, 0.2) is 18.2 Å². The summed E-state index contributed by atoms with van der Waals surface area (Å²) in [5.74, 6) is 0.0651. The van der Waals surface area contributed by atoms with Crippen molar-refractivity contribution in [1.82, 2.24) is 15.5 Å². The van der Waals surface area contributed by atoms with E-state index in [2.05, 4.69) is 17.6 Å². The Hall–Kier alpha value is -2.68. The zero-order valence-electron chi connectivity index (χ0n) is 22.4. The molecule has 0 saturated heterocycles. The molecule has 0 aromatic heterocycles. The van der Waals surface area contributed by atoms with Crippen LogP contribution in [0.2, 0.25) is 0 Å². The molecule has 37 heavy (non-hydrogen) atoms. The minimum atomic E-state index is -0.739. The second-order valence-corrected chi connectivity index (χ2v) is 11.6. The fourth-order valence-corrected chi connectivity index (χ4v) is 7.01. The maximum absolute atomic E-state index is 13.6. The number of rotatable bonds is 8. The number of halogens is 1. The first-order valence-electron chi connectivity index (χ1n) is 13.4. The molecule has 1 aliphatic heterocycles. The van der Waals surface area contributed by atoms with Crippen LogP contribution in [0.1, 0.15) is 76.8 Å². The molecule has 2 fully saturated rings. The number of alkyl carbamates (subject to hydrolysis) is 1. The molecule has 1 aromatic rings. The van der Waals surface area contributed by atoms with E-state index in [0.717, 1.165) is 43.2 Å². The third-order valence-corrected chi connectivity index (χ3v) is 8.14. The minimum absolute atomic E-state index is 0.0211. The van der Waals surface area contributed by atoms with Gasteiger partial charge in [0.1, 0.15) is 17.5 Å². The van der Waals surface area contributed by atoms with E-state index in [4.69, 9.17) is 9.47 Å². The molecule has 8 nitrogen and oxygen atoms in total. The summed E-state index contributed by atoms with van der Waals surface area (Å²) in [4.78, 5) is 39.8. The molecule has 2 bridgehead atoms. The maximum Gasteiger partial charge on any atom is 0.408 e. The molecular weight excluding hydrogens is 477 g/mol. The fourth-order valence-electron chi connectivity index (χ4n) is 7.01. The van der Waals surface area contributed by atoms with E-state index in [-0.39, 0.29) is 23.8 Å². The Kier molecular flexibility index (Phi) is 8.11. The lowest BCUT2D eigenvalue weighted by molar-refractivity contribution is -0.143. The van der Waals surface area contributed by atoms with Gasteiger partial charge in [-0.3, -0.25) is 4.79 Å². The zero-order valence-corrected chi connectivity index (χ0v) is 22.4. The molecule has 1 heterocycles. The van der Waals surface area contributed by atoms with Gasteiger partial charge in [0.05, 0.1) is 13.7 Å². The molecule has 9 heteroatoms. The van der Waals surface area contributed by atoms with Gasteiger partial charge in [0, 0.05) is 25.0 Å². The van der Waals surface area contributed by atoms with Crippen molar-refractivity contribution in [3.63, 3.8) is 0 Å². The van der Waals surface area contributed by atoms with Crippen LogP contribution in [0.5, 0.6) is 0 Å². The molecule has 5 atom stereocenters. The zero-order chi connectivity index (χ0) is 26.8. The van der Waals surface area contributed by atoms with Gasteiger partial charge in [-0.25, -0.2) is 14.0 Å². The highest BCUT2D eigenvalue weighted by molar-refractivity contribution is 5.81. The summed E-state index contributed by atoms with van der Waals surface area (Å²) in [6.45, 7) is 7.20. The van der Waals surface area contributed by atoms with Crippen molar-refractivity contribution < 1.29 is 28.2 Å². The standard InChI is InChI=1S/C28H40FN3O5/c1-5-6-23(25(34)36-4)31-26(35)37-27(3)12-19-9-18(2)11-28(13-19,17-27)30-14-24(33)32-15-20-7-8-22(29)10-21(20)16-32/h7-8,10,18-19,23,30H,5-6,9,11-17H2,1-4H3,(H,31,35). The monoisotopic (exact) mass is 517 g/mol. The number of ether oxygens (including phenoxy) is 2. The van der Waals surface area contributed by atoms with E-state index in [0.29, 0.717) is 37.8 Å². The van der Waals surface area contributed by atoms with Crippen LogP contribution in [-0.4, -0.2) is 53.7 Å². The molecule has 2 saturated carbocycles. The van der Waals surface area contributed by atoms with Crippen LogP contribution in [-0.2, 0) is 32.2 Å². The second kappa shape index (κ2) is 11.0. The lowest BCUT2D eigenvalue weighted by Crippen LogP contribution is -2.61. The van der Waals surface area contributed by atoms with Gasteiger partial charge < -0.3 is 25.0 Å². The largest absolute Gasteiger partial charge is 0.467 e. The SMILES string of the molecule is CCCC(NC(=O)OC1(C)CC2CC(C)CC(NCC(=O)N3Cc4ccc(F)cc4C3)(C2)C1)C(=O)OC. The highest BCUT2D eigenvalue weighted by Gasteiger charge is 2.51. The number of hydrogen-bond acceptors (Lipinski definition) is 6. The van der Waals surface area contributed by atoms with E-state index in [1.165, 1.54) is 19.2 Å². The lowest BCUT2D eigenvalue weighted by atomic mass is 9.59. The Morgan fingerprint density at radius 1 is 1.19 bits per heavy atom. The number of fused-ring (bicyclic) bond motifs is 3. The van der Waals surface area contributed by atoms with Crippen molar-refractivity contribution in [2.75, 3.05) is 13.7 Å². The molecule has 5 unspecified atom stereocenters.